The lowest BCUT2D eigenvalue weighted by atomic mass is 10.3. The highest BCUT2D eigenvalue weighted by atomic mass is 35.5. The smallest absolute Gasteiger partial charge is 0.303 e. The van der Waals surface area contributed by atoms with Crippen molar-refractivity contribution in [1.82, 2.24) is 5.32 Å². The van der Waals surface area contributed by atoms with Gasteiger partial charge in [0.1, 0.15) is 0 Å². The number of aliphatic carboxylic acids is 1. The second kappa shape index (κ2) is 11.1. The fourth-order valence-electron chi connectivity index (χ4n) is 1.47. The molecule has 0 spiro atoms. The van der Waals surface area contributed by atoms with Crippen LogP contribution in [0.25, 0.3) is 0 Å². The molecule has 1 aromatic rings. The van der Waals surface area contributed by atoms with Gasteiger partial charge in [-0.15, -0.1) is 0 Å². The Balaban J connectivity index is 0.000000478. The van der Waals surface area contributed by atoms with E-state index in [1.165, 1.54) is 0 Å². The topological polar surface area (TPSA) is 99.7 Å². The monoisotopic (exact) mass is 347 g/mol. The molecule has 1 aliphatic heterocycles. The van der Waals surface area contributed by atoms with Gasteiger partial charge in [-0.25, -0.2) is 0 Å². The van der Waals surface area contributed by atoms with Crippen LogP contribution in [0.15, 0.2) is 23.2 Å². The summed E-state index contributed by atoms with van der Waals surface area (Å²) in [7, 11) is 0. The minimum atomic E-state index is -0.773. The maximum absolute atomic E-state index is 9.70. The van der Waals surface area contributed by atoms with E-state index >= 15 is 0 Å². The third kappa shape index (κ3) is 7.49. The minimum Gasteiger partial charge on any atom is -0.481 e. The number of carboxylic acids is 1. The van der Waals surface area contributed by atoms with Crippen molar-refractivity contribution in [3.05, 3.63) is 35.7 Å². The highest BCUT2D eigenvalue weighted by molar-refractivity contribution is 6.39. The number of guanidine groups is 1. The summed E-state index contributed by atoms with van der Waals surface area (Å²) in [5.41, 5.74) is 5.71. The Bertz CT molecular complexity index is 489. The zero-order valence-corrected chi connectivity index (χ0v) is 13.9. The van der Waals surface area contributed by atoms with Crippen LogP contribution in [0.3, 0.4) is 0 Å². The second-order valence-corrected chi connectivity index (χ2v) is 4.98. The number of carbonyl (C=O) groups is 1. The number of para-hydroxylation sites is 1. The van der Waals surface area contributed by atoms with Crippen molar-refractivity contribution in [2.75, 3.05) is 25.0 Å². The normalized spacial score (nSPS) is 12.2. The number of anilines is 1. The van der Waals surface area contributed by atoms with E-state index in [0.29, 0.717) is 28.7 Å². The highest BCUT2D eigenvalue weighted by Gasteiger charge is 2.09. The van der Waals surface area contributed by atoms with Gasteiger partial charge >= 0.3 is 5.97 Å². The summed E-state index contributed by atoms with van der Waals surface area (Å²) < 4.78 is 0. The van der Waals surface area contributed by atoms with Gasteiger partial charge in [-0.2, -0.15) is 0 Å². The van der Waals surface area contributed by atoms with Gasteiger partial charge in [0.05, 0.1) is 22.3 Å². The first kappa shape index (κ1) is 20.5. The van der Waals surface area contributed by atoms with E-state index in [4.69, 9.17) is 34.0 Å². The van der Waals surface area contributed by atoms with E-state index < -0.39 is 5.97 Å². The summed E-state index contributed by atoms with van der Waals surface area (Å²) in [4.78, 5) is 13.9. The number of nitrogens with zero attached hydrogens (tertiary/aromatic N) is 1. The molecule has 5 N–H and O–H groups in total. The Hall–Kier alpha value is -1.50. The van der Waals surface area contributed by atoms with Crippen LogP contribution in [0.1, 0.15) is 12.8 Å². The molecular weight excluding hydrogens is 327 g/mol. The zero-order valence-electron chi connectivity index (χ0n) is 12.4. The average Bonchev–Trinajstić information content (AvgIpc) is 2.94. The summed E-state index contributed by atoms with van der Waals surface area (Å²) in [6.45, 7) is 2.10. The maximum atomic E-state index is 9.70. The van der Waals surface area contributed by atoms with Crippen molar-refractivity contribution in [3.8, 4) is 0 Å². The molecule has 124 valence electrons. The molecule has 0 amide bonds. The van der Waals surface area contributed by atoms with Crippen molar-refractivity contribution in [2.45, 2.75) is 12.8 Å². The Morgan fingerprint density at radius 2 is 2.05 bits per heavy atom. The van der Waals surface area contributed by atoms with Gasteiger partial charge in [0.15, 0.2) is 5.96 Å². The van der Waals surface area contributed by atoms with Crippen LogP contribution < -0.4 is 16.4 Å². The van der Waals surface area contributed by atoms with E-state index in [2.05, 4.69) is 15.6 Å². The van der Waals surface area contributed by atoms with Gasteiger partial charge in [0, 0.05) is 13.0 Å². The Morgan fingerprint density at radius 3 is 2.45 bits per heavy atom. The van der Waals surface area contributed by atoms with Crippen LogP contribution >= 0.6 is 23.2 Å². The Labute approximate surface area is 140 Å². The summed E-state index contributed by atoms with van der Waals surface area (Å²) in [5.74, 6) is -0.0505. The molecule has 0 aliphatic carbocycles. The van der Waals surface area contributed by atoms with Gasteiger partial charge in [-0.3, -0.25) is 9.79 Å². The van der Waals surface area contributed by atoms with Crippen LogP contribution in [0.2, 0.25) is 10.0 Å². The molecule has 1 heterocycles. The van der Waals surface area contributed by atoms with Crippen molar-refractivity contribution in [1.29, 1.82) is 0 Å². The van der Waals surface area contributed by atoms with E-state index in [1.54, 1.807) is 18.2 Å². The van der Waals surface area contributed by atoms with Crippen molar-refractivity contribution >= 4 is 40.8 Å². The van der Waals surface area contributed by atoms with Crippen molar-refractivity contribution < 1.29 is 9.90 Å². The molecule has 0 aromatic heterocycles. The zero-order chi connectivity index (χ0) is 15.7. The molecule has 0 saturated carbocycles. The SMILES string of the molecule is Clc1cccc(Cl)c1NC1=NCCN1.NCCCC(=O)O.[CH3-]. The molecular formula is C14H21Cl2N4O2-. The maximum Gasteiger partial charge on any atom is 0.303 e. The lowest BCUT2D eigenvalue weighted by Crippen LogP contribution is -2.26. The molecule has 0 bridgehead atoms. The van der Waals surface area contributed by atoms with Crippen LogP contribution in [-0.2, 0) is 4.79 Å². The Morgan fingerprint density at radius 1 is 1.41 bits per heavy atom. The van der Waals surface area contributed by atoms with Gasteiger partial charge in [0.25, 0.3) is 0 Å². The summed E-state index contributed by atoms with van der Waals surface area (Å²) in [5, 5.41) is 15.3. The van der Waals surface area contributed by atoms with E-state index in [9.17, 15) is 4.79 Å². The van der Waals surface area contributed by atoms with Crippen molar-refractivity contribution in [2.24, 2.45) is 10.7 Å². The number of rotatable bonds is 4. The summed E-state index contributed by atoms with van der Waals surface area (Å²) >= 11 is 12.0. The molecule has 0 radical (unpaired) electrons. The summed E-state index contributed by atoms with van der Waals surface area (Å²) in [6, 6.07) is 5.37. The molecule has 0 unspecified atom stereocenters. The van der Waals surface area contributed by atoms with Crippen LogP contribution in [0, 0.1) is 7.43 Å². The van der Waals surface area contributed by atoms with Crippen LogP contribution in [0.5, 0.6) is 0 Å². The van der Waals surface area contributed by atoms with Crippen molar-refractivity contribution in [3.63, 3.8) is 0 Å². The fraction of sp³-hybridized carbons (Fsp3) is 0.357. The number of nitrogens with two attached hydrogens (primary N) is 1. The van der Waals surface area contributed by atoms with Gasteiger partial charge in [-0.05, 0) is 25.1 Å². The molecule has 0 atom stereocenters. The molecule has 0 saturated heterocycles. The predicted octanol–water partition coefficient (Wildman–Crippen LogP) is 2.62. The number of carboxylic acid groups (broad SMARTS) is 1. The van der Waals surface area contributed by atoms with Crippen LogP contribution in [-0.4, -0.2) is 36.7 Å². The highest BCUT2D eigenvalue weighted by Crippen LogP contribution is 2.29. The molecule has 1 aromatic carbocycles. The van der Waals surface area contributed by atoms with E-state index in [0.717, 1.165) is 19.0 Å². The third-order valence-electron chi connectivity index (χ3n) is 2.48. The quantitative estimate of drug-likeness (QED) is 0.627. The number of hydrogen-bond donors (Lipinski definition) is 4. The van der Waals surface area contributed by atoms with E-state index in [-0.39, 0.29) is 13.8 Å². The number of benzene rings is 1. The standard InChI is InChI=1S/C9H9Cl2N3.C4H9NO2.CH3/c10-6-2-1-3-7(11)8(6)14-9-12-4-5-13-9;5-3-1-2-4(6)7;/h1-3H,4-5H2,(H2,12,13,14);1-3,5H2,(H,6,7);1H3/q;;-1. The lowest BCUT2D eigenvalue weighted by molar-refractivity contribution is -0.137. The largest absolute Gasteiger partial charge is 0.481 e. The number of hydrogen-bond acceptors (Lipinski definition) is 5. The van der Waals surface area contributed by atoms with E-state index in [1.807, 2.05) is 0 Å². The third-order valence-corrected chi connectivity index (χ3v) is 3.11. The first-order chi connectivity index (χ1) is 10.0. The summed E-state index contributed by atoms with van der Waals surface area (Å²) in [6.07, 6.45) is 0.770. The predicted molar refractivity (Wildman–Crippen MR) is 92.7 cm³/mol. The van der Waals surface area contributed by atoms with Gasteiger partial charge in [0.2, 0.25) is 0 Å². The molecule has 1 aliphatic rings. The molecule has 2 rings (SSSR count). The number of nitrogens with one attached hydrogen (secondary N) is 2. The van der Waals surface area contributed by atoms with Crippen LogP contribution in [0.4, 0.5) is 5.69 Å². The first-order valence-corrected chi connectivity index (χ1v) is 7.21. The molecule has 0 fully saturated rings. The minimum absolute atomic E-state index is 0. The van der Waals surface area contributed by atoms with Gasteiger partial charge < -0.3 is 28.9 Å². The first-order valence-electron chi connectivity index (χ1n) is 6.45. The number of halogens is 2. The Kier molecular flexibility index (Phi) is 10.4. The molecule has 8 heteroatoms. The van der Waals surface area contributed by atoms with Gasteiger partial charge in [-0.1, -0.05) is 29.3 Å². The second-order valence-electron chi connectivity index (χ2n) is 4.16. The molecule has 6 nitrogen and oxygen atoms in total. The molecule has 22 heavy (non-hydrogen) atoms. The number of aliphatic imine (C=N–C) groups is 1. The average molecular weight is 348 g/mol. The fourth-order valence-corrected chi connectivity index (χ4v) is 1.96. The lowest BCUT2D eigenvalue weighted by Gasteiger charge is -2.09.